The molecule has 4 rings (SSSR count). The van der Waals surface area contributed by atoms with Crippen LogP contribution in [0, 0.1) is 0 Å². The van der Waals surface area contributed by atoms with Crippen molar-refractivity contribution in [2.45, 2.75) is 31.5 Å². The van der Waals surface area contributed by atoms with Crippen molar-refractivity contribution < 1.29 is 22.7 Å². The molecule has 0 radical (unpaired) electrons. The molecule has 2 N–H and O–H groups in total. The van der Waals surface area contributed by atoms with E-state index in [1.807, 2.05) is 30.3 Å². The van der Waals surface area contributed by atoms with Gasteiger partial charge < -0.3 is 15.4 Å². The number of imidazole rings is 1. The lowest BCUT2D eigenvalue weighted by atomic mass is 9.97. The van der Waals surface area contributed by atoms with Crippen molar-refractivity contribution in [3.63, 3.8) is 0 Å². The van der Waals surface area contributed by atoms with Crippen LogP contribution in [0.2, 0.25) is 0 Å². The van der Waals surface area contributed by atoms with Gasteiger partial charge in [-0.25, -0.2) is 14.8 Å². The number of alkyl halides is 3. The highest BCUT2D eigenvalue weighted by Crippen LogP contribution is 2.37. The lowest BCUT2D eigenvalue weighted by Gasteiger charge is -2.31. The Balaban J connectivity index is 1.60. The number of fused-ring (bicyclic) bond motifs is 1. The van der Waals surface area contributed by atoms with Crippen molar-refractivity contribution >= 4 is 33.4 Å². The van der Waals surface area contributed by atoms with Gasteiger partial charge in [-0.15, -0.1) is 0 Å². The summed E-state index contributed by atoms with van der Waals surface area (Å²) in [4.78, 5) is 22.0. The molecule has 1 aliphatic rings. The molecule has 0 saturated carbocycles. The molecule has 0 spiro atoms. The first-order chi connectivity index (χ1) is 14.8. The molecule has 1 aliphatic heterocycles. The van der Waals surface area contributed by atoms with Crippen LogP contribution in [-0.2, 0) is 17.5 Å². The number of ether oxygens (including phenoxy) is 1. The molecule has 1 saturated heterocycles. The van der Waals surface area contributed by atoms with Crippen LogP contribution >= 0.6 is 15.9 Å². The van der Waals surface area contributed by atoms with Crippen LogP contribution < -0.4 is 5.73 Å². The third-order valence-corrected chi connectivity index (χ3v) is 5.76. The largest absolute Gasteiger partial charge is 0.445 e. The van der Waals surface area contributed by atoms with Gasteiger partial charge >= 0.3 is 12.3 Å². The van der Waals surface area contributed by atoms with E-state index < -0.39 is 23.9 Å². The second-order valence-electron chi connectivity index (χ2n) is 7.30. The van der Waals surface area contributed by atoms with Crippen LogP contribution in [-0.4, -0.2) is 38.5 Å². The molecule has 0 bridgehead atoms. The Morgan fingerprint density at radius 3 is 2.74 bits per heavy atom. The van der Waals surface area contributed by atoms with Crippen LogP contribution in [0.3, 0.4) is 0 Å². The van der Waals surface area contributed by atoms with Crippen molar-refractivity contribution in [1.29, 1.82) is 0 Å². The predicted molar refractivity (Wildman–Crippen MR) is 110 cm³/mol. The molecule has 1 fully saturated rings. The first-order valence-electron chi connectivity index (χ1n) is 9.61. The Bertz CT molecular complexity index is 1100. The normalized spacial score (nSPS) is 17.2. The number of nitrogen functional groups attached to an aromatic ring is 1. The van der Waals surface area contributed by atoms with E-state index in [4.69, 9.17) is 10.5 Å². The lowest BCUT2D eigenvalue weighted by Crippen LogP contribution is -2.40. The molecule has 0 unspecified atom stereocenters. The van der Waals surface area contributed by atoms with Gasteiger partial charge in [0.15, 0.2) is 5.82 Å². The minimum Gasteiger partial charge on any atom is -0.445 e. The van der Waals surface area contributed by atoms with E-state index in [0.717, 1.165) is 9.96 Å². The predicted octanol–water partition coefficient (Wildman–Crippen LogP) is 4.61. The molecular formula is C20H19BrF3N5O2. The first kappa shape index (κ1) is 21.4. The maximum absolute atomic E-state index is 13.6. The summed E-state index contributed by atoms with van der Waals surface area (Å²) in [6, 6.07) is 9.25. The maximum Gasteiger partial charge on any atom is 0.433 e. The van der Waals surface area contributed by atoms with Gasteiger partial charge in [-0.2, -0.15) is 13.2 Å². The zero-order chi connectivity index (χ0) is 22.2. The summed E-state index contributed by atoms with van der Waals surface area (Å²) in [6.07, 6.45) is -3.26. The second kappa shape index (κ2) is 8.37. The van der Waals surface area contributed by atoms with Gasteiger partial charge in [0.1, 0.15) is 28.2 Å². The number of nitrogens with two attached hydrogens (primary N) is 1. The fourth-order valence-electron chi connectivity index (χ4n) is 3.76. The van der Waals surface area contributed by atoms with Gasteiger partial charge in [-0.1, -0.05) is 30.3 Å². The highest BCUT2D eigenvalue weighted by molar-refractivity contribution is 9.10. The van der Waals surface area contributed by atoms with Crippen molar-refractivity contribution in [3.05, 3.63) is 58.2 Å². The number of likely N-dealkylation sites (tertiary alicyclic amines) is 1. The number of aromatic nitrogens is 3. The standard InChI is InChI=1S/C20H19BrF3N5O2/c21-16-15-17(25)26-9-14(20(22,23)24)29(15)18(27-16)13-7-4-8-28(10-13)19(30)31-11-12-5-2-1-3-6-12/h1-3,5-6,9,13H,4,7-8,10-11H2,(H2,25,26)/t13-/m1/s1. The molecule has 0 aliphatic carbocycles. The van der Waals surface area contributed by atoms with Gasteiger partial charge in [0.05, 0.1) is 6.20 Å². The van der Waals surface area contributed by atoms with E-state index in [-0.39, 0.29) is 34.9 Å². The lowest BCUT2D eigenvalue weighted by molar-refractivity contribution is -0.142. The quantitative estimate of drug-likeness (QED) is 0.570. The fourth-order valence-corrected chi connectivity index (χ4v) is 4.32. The minimum absolute atomic E-state index is 0.0615. The number of hydrogen-bond acceptors (Lipinski definition) is 5. The van der Waals surface area contributed by atoms with Crippen LogP contribution in [0.4, 0.5) is 23.8 Å². The molecule has 1 aromatic carbocycles. The molecule has 31 heavy (non-hydrogen) atoms. The summed E-state index contributed by atoms with van der Waals surface area (Å²) in [5.41, 5.74) is 5.78. The topological polar surface area (TPSA) is 85.8 Å². The van der Waals surface area contributed by atoms with E-state index in [1.165, 1.54) is 4.90 Å². The number of benzene rings is 1. The number of amides is 1. The number of hydrogen-bond donors (Lipinski definition) is 1. The van der Waals surface area contributed by atoms with Crippen molar-refractivity contribution in [1.82, 2.24) is 19.3 Å². The zero-order valence-electron chi connectivity index (χ0n) is 16.3. The highest BCUT2D eigenvalue weighted by atomic mass is 79.9. The molecule has 11 heteroatoms. The highest BCUT2D eigenvalue weighted by Gasteiger charge is 2.38. The molecule has 1 atom stereocenters. The van der Waals surface area contributed by atoms with Crippen LogP contribution in [0.1, 0.15) is 35.8 Å². The summed E-state index contributed by atoms with van der Waals surface area (Å²) < 4.78 is 47.5. The number of carbonyl (C=O) groups is 1. The summed E-state index contributed by atoms with van der Waals surface area (Å²) in [5, 5.41) is 0. The van der Waals surface area contributed by atoms with E-state index in [1.54, 1.807) is 0 Å². The Morgan fingerprint density at radius 1 is 1.29 bits per heavy atom. The number of piperidine rings is 1. The molecule has 164 valence electrons. The number of carbonyl (C=O) groups excluding carboxylic acids is 1. The van der Waals surface area contributed by atoms with Crippen molar-refractivity contribution in [3.8, 4) is 0 Å². The summed E-state index contributed by atoms with van der Waals surface area (Å²) in [7, 11) is 0. The molecular weight excluding hydrogens is 479 g/mol. The zero-order valence-corrected chi connectivity index (χ0v) is 17.9. The van der Waals surface area contributed by atoms with Gasteiger partial charge in [0, 0.05) is 19.0 Å². The van der Waals surface area contributed by atoms with Crippen LogP contribution in [0.15, 0.2) is 41.1 Å². The van der Waals surface area contributed by atoms with E-state index in [0.29, 0.717) is 25.6 Å². The Morgan fingerprint density at radius 2 is 2.03 bits per heavy atom. The van der Waals surface area contributed by atoms with Crippen molar-refractivity contribution in [2.24, 2.45) is 0 Å². The Kier molecular flexibility index (Phi) is 5.78. The van der Waals surface area contributed by atoms with Crippen LogP contribution in [0.25, 0.3) is 5.52 Å². The average molecular weight is 498 g/mol. The third kappa shape index (κ3) is 4.32. The molecule has 2 aromatic heterocycles. The number of nitrogens with zero attached hydrogens (tertiary/aromatic N) is 4. The monoisotopic (exact) mass is 497 g/mol. The number of halogens is 4. The second-order valence-corrected chi connectivity index (χ2v) is 8.05. The summed E-state index contributed by atoms with van der Waals surface area (Å²) in [6.45, 7) is 0.780. The smallest absolute Gasteiger partial charge is 0.433 e. The van der Waals surface area contributed by atoms with Gasteiger partial charge in [-0.05, 0) is 34.3 Å². The Hall–Kier alpha value is -2.82. The molecule has 1 amide bonds. The number of anilines is 1. The molecule has 3 aromatic rings. The molecule has 3 heterocycles. The Labute approximate surface area is 184 Å². The fraction of sp³-hybridized carbons (Fsp3) is 0.350. The SMILES string of the molecule is Nc1ncc(C(F)(F)F)n2c([C@@H]3CCCN(C(=O)OCc4ccccc4)C3)nc(Br)c12. The summed E-state index contributed by atoms with van der Waals surface area (Å²) in [5.74, 6) is -0.294. The van der Waals surface area contributed by atoms with Crippen LogP contribution in [0.5, 0.6) is 0 Å². The van der Waals surface area contributed by atoms with E-state index >= 15 is 0 Å². The van der Waals surface area contributed by atoms with Gasteiger partial charge in [0.2, 0.25) is 0 Å². The van der Waals surface area contributed by atoms with Crippen molar-refractivity contribution in [2.75, 3.05) is 18.8 Å². The van der Waals surface area contributed by atoms with E-state index in [2.05, 4.69) is 25.9 Å². The molecule has 7 nitrogen and oxygen atoms in total. The maximum atomic E-state index is 13.6. The van der Waals surface area contributed by atoms with Gasteiger partial charge in [-0.3, -0.25) is 4.40 Å². The average Bonchev–Trinajstić information content (AvgIpc) is 3.10. The number of rotatable bonds is 3. The summed E-state index contributed by atoms with van der Waals surface area (Å²) >= 11 is 3.21. The third-order valence-electron chi connectivity index (χ3n) is 5.21. The first-order valence-corrected chi connectivity index (χ1v) is 10.4. The van der Waals surface area contributed by atoms with Gasteiger partial charge in [0.25, 0.3) is 0 Å². The van der Waals surface area contributed by atoms with E-state index in [9.17, 15) is 18.0 Å². The minimum atomic E-state index is -4.64.